The summed E-state index contributed by atoms with van der Waals surface area (Å²) in [6.07, 6.45) is 0.899. The highest BCUT2D eigenvalue weighted by Crippen LogP contribution is 2.15. The molecule has 0 aromatic heterocycles. The molecular weight excluding hydrogens is 240 g/mol. The van der Waals surface area contributed by atoms with Crippen LogP contribution >= 0.6 is 0 Å². The Morgan fingerprint density at radius 2 is 1.68 bits per heavy atom. The minimum absolute atomic E-state index is 0.476. The highest BCUT2D eigenvalue weighted by atomic mass is 16.5. The molecule has 0 N–H and O–H groups in total. The van der Waals surface area contributed by atoms with E-state index in [2.05, 4.69) is 0 Å². The highest BCUT2D eigenvalue weighted by Gasteiger charge is 2.10. The van der Waals surface area contributed by atoms with Crippen molar-refractivity contribution < 1.29 is 14.3 Å². The van der Waals surface area contributed by atoms with E-state index in [4.69, 9.17) is 9.47 Å². The van der Waals surface area contributed by atoms with Crippen LogP contribution in [0.15, 0.2) is 54.6 Å². The molecule has 0 saturated carbocycles. The Morgan fingerprint density at radius 3 is 2.26 bits per heavy atom. The molecule has 1 atom stereocenters. The van der Waals surface area contributed by atoms with Crippen LogP contribution in [0.5, 0.6) is 11.5 Å². The number of methoxy groups -OCH3 is 1. The number of carbonyl (C=O) groups excluding carboxylic acids is 1. The largest absolute Gasteiger partial charge is 0.497 e. The average Bonchev–Trinajstić information content (AvgIpc) is 2.48. The quantitative estimate of drug-likeness (QED) is 0.745. The molecule has 3 nitrogen and oxygen atoms in total. The van der Waals surface area contributed by atoms with Gasteiger partial charge in [0.1, 0.15) is 11.5 Å². The third-order valence-electron chi connectivity index (χ3n) is 2.78. The number of ether oxygens (including phenoxy) is 2. The monoisotopic (exact) mass is 256 g/mol. The molecule has 19 heavy (non-hydrogen) atoms. The normalized spacial score (nSPS) is 11.6. The number of aldehydes is 1. The van der Waals surface area contributed by atoms with Crippen LogP contribution in [0.25, 0.3) is 0 Å². The van der Waals surface area contributed by atoms with Gasteiger partial charge in [-0.15, -0.1) is 0 Å². The second-order valence-corrected chi connectivity index (χ2v) is 4.16. The molecule has 0 aliphatic carbocycles. The zero-order valence-corrected chi connectivity index (χ0v) is 10.8. The molecule has 0 radical (unpaired) electrons. The summed E-state index contributed by atoms with van der Waals surface area (Å²) >= 11 is 0. The van der Waals surface area contributed by atoms with E-state index in [0.29, 0.717) is 12.2 Å². The van der Waals surface area contributed by atoms with Crippen LogP contribution in [0.1, 0.15) is 5.56 Å². The molecule has 0 spiro atoms. The van der Waals surface area contributed by atoms with E-state index in [1.807, 2.05) is 54.6 Å². The van der Waals surface area contributed by atoms with Crippen LogP contribution in [0.2, 0.25) is 0 Å². The standard InChI is InChI=1S/C16H16O3/c1-18-14-9-7-13(8-10-14)11-16(12-17)19-15-5-3-2-4-6-15/h2-10,12,16H,11H2,1H3. The van der Waals surface area contributed by atoms with E-state index in [1.54, 1.807) is 7.11 Å². The summed E-state index contributed by atoms with van der Waals surface area (Å²) in [5, 5.41) is 0. The summed E-state index contributed by atoms with van der Waals surface area (Å²) < 4.78 is 10.7. The molecule has 0 aliphatic rings. The third-order valence-corrected chi connectivity index (χ3v) is 2.78. The molecule has 0 aliphatic heterocycles. The Labute approximate surface area is 112 Å². The average molecular weight is 256 g/mol. The Morgan fingerprint density at radius 1 is 1.00 bits per heavy atom. The maximum Gasteiger partial charge on any atom is 0.160 e. The molecule has 98 valence electrons. The van der Waals surface area contributed by atoms with E-state index in [9.17, 15) is 4.79 Å². The van der Waals surface area contributed by atoms with Crippen LogP contribution in [0, 0.1) is 0 Å². The van der Waals surface area contributed by atoms with Gasteiger partial charge in [-0.1, -0.05) is 30.3 Å². The van der Waals surface area contributed by atoms with E-state index in [-0.39, 0.29) is 0 Å². The van der Waals surface area contributed by atoms with Crippen LogP contribution in [-0.4, -0.2) is 19.5 Å². The first kappa shape index (κ1) is 13.1. The predicted octanol–water partition coefficient (Wildman–Crippen LogP) is 2.88. The highest BCUT2D eigenvalue weighted by molar-refractivity contribution is 5.57. The maximum atomic E-state index is 11.1. The van der Waals surface area contributed by atoms with Gasteiger partial charge in [0.05, 0.1) is 7.11 Å². The zero-order valence-electron chi connectivity index (χ0n) is 10.8. The Bertz CT molecular complexity index is 505. The SMILES string of the molecule is COc1ccc(CC(C=O)Oc2ccccc2)cc1. The summed E-state index contributed by atoms with van der Waals surface area (Å²) in [4.78, 5) is 11.1. The van der Waals surface area contributed by atoms with Gasteiger partial charge in [-0.3, -0.25) is 4.79 Å². The number of benzene rings is 2. The van der Waals surface area contributed by atoms with E-state index in [0.717, 1.165) is 17.6 Å². The second-order valence-electron chi connectivity index (χ2n) is 4.16. The van der Waals surface area contributed by atoms with Gasteiger partial charge in [-0.2, -0.15) is 0 Å². The minimum Gasteiger partial charge on any atom is -0.497 e. The van der Waals surface area contributed by atoms with Crippen molar-refractivity contribution >= 4 is 6.29 Å². The molecule has 2 rings (SSSR count). The number of carbonyl (C=O) groups is 1. The van der Waals surface area contributed by atoms with Crippen LogP contribution < -0.4 is 9.47 Å². The topological polar surface area (TPSA) is 35.5 Å². The molecule has 0 heterocycles. The summed E-state index contributed by atoms with van der Waals surface area (Å²) in [6, 6.07) is 17.0. The van der Waals surface area contributed by atoms with Crippen molar-refractivity contribution in [1.29, 1.82) is 0 Å². The number of hydrogen-bond acceptors (Lipinski definition) is 3. The van der Waals surface area contributed by atoms with E-state index < -0.39 is 6.10 Å². The fraction of sp³-hybridized carbons (Fsp3) is 0.188. The van der Waals surface area contributed by atoms with Crippen molar-refractivity contribution in [1.82, 2.24) is 0 Å². The first-order valence-corrected chi connectivity index (χ1v) is 6.12. The van der Waals surface area contributed by atoms with Crippen molar-refractivity contribution in [3.63, 3.8) is 0 Å². The minimum atomic E-state index is -0.476. The first-order valence-electron chi connectivity index (χ1n) is 6.12. The Kier molecular flexibility index (Phi) is 4.56. The van der Waals surface area contributed by atoms with Crippen LogP contribution in [-0.2, 0) is 11.2 Å². The summed E-state index contributed by atoms with van der Waals surface area (Å²) in [7, 11) is 1.63. The maximum absolute atomic E-state index is 11.1. The Balaban J connectivity index is 2.00. The molecule has 2 aromatic carbocycles. The molecule has 0 bridgehead atoms. The lowest BCUT2D eigenvalue weighted by molar-refractivity contribution is -0.113. The van der Waals surface area contributed by atoms with Gasteiger partial charge in [0.15, 0.2) is 12.4 Å². The molecule has 0 fully saturated rings. The second kappa shape index (κ2) is 6.59. The Hall–Kier alpha value is -2.29. The lowest BCUT2D eigenvalue weighted by Crippen LogP contribution is -2.21. The fourth-order valence-electron chi connectivity index (χ4n) is 1.79. The molecule has 0 amide bonds. The molecule has 2 aromatic rings. The van der Waals surface area contributed by atoms with Crippen molar-refractivity contribution in [3.8, 4) is 11.5 Å². The predicted molar refractivity (Wildman–Crippen MR) is 73.6 cm³/mol. The number of hydrogen-bond donors (Lipinski definition) is 0. The van der Waals surface area contributed by atoms with Gasteiger partial charge in [-0.05, 0) is 29.8 Å². The number of rotatable bonds is 6. The molecule has 3 heteroatoms. The number of para-hydroxylation sites is 1. The van der Waals surface area contributed by atoms with E-state index >= 15 is 0 Å². The van der Waals surface area contributed by atoms with Crippen molar-refractivity contribution in [3.05, 3.63) is 60.2 Å². The fourth-order valence-corrected chi connectivity index (χ4v) is 1.79. The van der Waals surface area contributed by atoms with Crippen molar-refractivity contribution in [2.24, 2.45) is 0 Å². The lowest BCUT2D eigenvalue weighted by Gasteiger charge is -2.13. The summed E-state index contributed by atoms with van der Waals surface area (Å²) in [5.41, 5.74) is 1.04. The van der Waals surface area contributed by atoms with Crippen LogP contribution in [0.3, 0.4) is 0 Å². The van der Waals surface area contributed by atoms with Gasteiger partial charge < -0.3 is 9.47 Å². The third kappa shape index (κ3) is 3.85. The van der Waals surface area contributed by atoms with Gasteiger partial charge in [0, 0.05) is 6.42 Å². The first-order chi connectivity index (χ1) is 9.31. The van der Waals surface area contributed by atoms with Gasteiger partial charge >= 0.3 is 0 Å². The van der Waals surface area contributed by atoms with Gasteiger partial charge in [0.25, 0.3) is 0 Å². The molecule has 0 saturated heterocycles. The van der Waals surface area contributed by atoms with Gasteiger partial charge in [0.2, 0.25) is 0 Å². The van der Waals surface area contributed by atoms with Crippen LogP contribution in [0.4, 0.5) is 0 Å². The molecular formula is C16H16O3. The van der Waals surface area contributed by atoms with Crippen molar-refractivity contribution in [2.75, 3.05) is 7.11 Å². The lowest BCUT2D eigenvalue weighted by atomic mass is 10.1. The van der Waals surface area contributed by atoms with Crippen molar-refractivity contribution in [2.45, 2.75) is 12.5 Å². The van der Waals surface area contributed by atoms with Gasteiger partial charge in [-0.25, -0.2) is 0 Å². The molecule has 1 unspecified atom stereocenters. The van der Waals surface area contributed by atoms with E-state index in [1.165, 1.54) is 0 Å². The zero-order chi connectivity index (χ0) is 13.5. The summed E-state index contributed by atoms with van der Waals surface area (Å²) in [6.45, 7) is 0. The summed E-state index contributed by atoms with van der Waals surface area (Å²) in [5.74, 6) is 1.50. The smallest absolute Gasteiger partial charge is 0.160 e.